The Hall–Kier alpha value is -1.13. The van der Waals surface area contributed by atoms with Gasteiger partial charge in [-0.3, -0.25) is 4.98 Å². The molecule has 0 spiro atoms. The second-order valence-electron chi connectivity index (χ2n) is 5.85. The highest BCUT2D eigenvalue weighted by molar-refractivity contribution is 5.21. The number of hydrogen-bond donors (Lipinski definition) is 1. The molecule has 0 aromatic carbocycles. The van der Waals surface area contributed by atoms with Crippen molar-refractivity contribution in [2.45, 2.75) is 51.6 Å². The molecule has 0 saturated carbocycles. The molecule has 2 rings (SSSR count). The smallest absolute Gasteiger partial charge is 0.137 e. The molecule has 2 atom stereocenters. The van der Waals surface area contributed by atoms with Gasteiger partial charge in [0, 0.05) is 12.1 Å². The maximum Gasteiger partial charge on any atom is 0.137 e. The van der Waals surface area contributed by atoms with Crippen molar-refractivity contribution < 1.29 is 4.74 Å². The largest absolute Gasteiger partial charge is 0.492 e. The van der Waals surface area contributed by atoms with Crippen LogP contribution in [0.25, 0.3) is 0 Å². The Morgan fingerprint density at radius 1 is 1.43 bits per heavy atom. The van der Waals surface area contributed by atoms with Crippen molar-refractivity contribution in [1.29, 1.82) is 0 Å². The molecule has 21 heavy (non-hydrogen) atoms. The van der Waals surface area contributed by atoms with E-state index in [0.29, 0.717) is 12.1 Å². The lowest BCUT2D eigenvalue weighted by molar-refractivity contribution is 0.233. The minimum atomic E-state index is 0.344. The van der Waals surface area contributed by atoms with Crippen LogP contribution in [0.5, 0.6) is 5.75 Å². The van der Waals surface area contributed by atoms with Gasteiger partial charge in [-0.05, 0) is 58.0 Å². The standard InChI is InChI=1S/C17H29N3O/c1-4-16(18-5-2)17-9-8-15(13-19-17)21-12-10-14-7-6-11-20(14)3/h8-9,13-14,16,18H,4-7,10-12H2,1-3H3. The molecule has 0 bridgehead atoms. The van der Waals surface area contributed by atoms with E-state index in [4.69, 9.17) is 4.74 Å². The molecule has 0 aliphatic carbocycles. The van der Waals surface area contributed by atoms with E-state index in [9.17, 15) is 0 Å². The lowest BCUT2D eigenvalue weighted by Gasteiger charge is -2.19. The van der Waals surface area contributed by atoms with Gasteiger partial charge < -0.3 is 15.0 Å². The Balaban J connectivity index is 1.79. The third kappa shape index (κ3) is 4.68. The van der Waals surface area contributed by atoms with Crippen molar-refractivity contribution in [3.8, 4) is 5.75 Å². The van der Waals surface area contributed by atoms with Crippen LogP contribution >= 0.6 is 0 Å². The van der Waals surface area contributed by atoms with Crippen LogP contribution in [0.4, 0.5) is 0 Å². The predicted octanol–water partition coefficient (Wildman–Crippen LogP) is 3.01. The number of pyridine rings is 1. The first-order valence-corrected chi connectivity index (χ1v) is 8.27. The molecule has 1 aliphatic rings. The van der Waals surface area contributed by atoms with Crippen LogP contribution < -0.4 is 10.1 Å². The number of nitrogens with zero attached hydrogens (tertiary/aromatic N) is 2. The van der Waals surface area contributed by atoms with Crippen LogP contribution in [0, 0.1) is 0 Å². The highest BCUT2D eigenvalue weighted by Gasteiger charge is 2.20. The first kappa shape index (κ1) is 16.2. The van der Waals surface area contributed by atoms with Crippen LogP contribution in [0.15, 0.2) is 18.3 Å². The van der Waals surface area contributed by atoms with Crippen LogP contribution in [-0.2, 0) is 0 Å². The van der Waals surface area contributed by atoms with Crippen molar-refractivity contribution >= 4 is 0 Å². The fourth-order valence-electron chi connectivity index (χ4n) is 3.04. The van der Waals surface area contributed by atoms with Crippen molar-refractivity contribution in [3.05, 3.63) is 24.0 Å². The Labute approximate surface area is 128 Å². The summed E-state index contributed by atoms with van der Waals surface area (Å²) in [6, 6.07) is 5.15. The molecule has 118 valence electrons. The van der Waals surface area contributed by atoms with Crippen LogP contribution in [0.1, 0.15) is 51.3 Å². The van der Waals surface area contributed by atoms with E-state index in [0.717, 1.165) is 37.4 Å². The molecule has 1 aliphatic heterocycles. The number of hydrogen-bond acceptors (Lipinski definition) is 4. The summed E-state index contributed by atoms with van der Waals surface area (Å²) in [7, 11) is 2.21. The first-order chi connectivity index (χ1) is 10.2. The predicted molar refractivity (Wildman–Crippen MR) is 86.7 cm³/mol. The fourth-order valence-corrected chi connectivity index (χ4v) is 3.04. The third-order valence-electron chi connectivity index (χ3n) is 4.37. The van der Waals surface area contributed by atoms with Gasteiger partial charge >= 0.3 is 0 Å². The minimum absolute atomic E-state index is 0.344. The van der Waals surface area contributed by atoms with Gasteiger partial charge in [-0.25, -0.2) is 0 Å². The summed E-state index contributed by atoms with van der Waals surface area (Å²) in [6.45, 7) is 7.27. The Kier molecular flexibility index (Phi) is 6.46. The summed E-state index contributed by atoms with van der Waals surface area (Å²) < 4.78 is 5.84. The molecule has 0 amide bonds. The van der Waals surface area contributed by atoms with Crippen molar-refractivity contribution in [2.75, 3.05) is 26.7 Å². The molecule has 2 heterocycles. The van der Waals surface area contributed by atoms with Crippen LogP contribution in [0.2, 0.25) is 0 Å². The average Bonchev–Trinajstić information content (AvgIpc) is 2.91. The fraction of sp³-hybridized carbons (Fsp3) is 0.706. The maximum absolute atomic E-state index is 5.84. The molecule has 2 unspecified atom stereocenters. The molecule has 4 heteroatoms. The van der Waals surface area contributed by atoms with Gasteiger partial charge in [0.25, 0.3) is 0 Å². The summed E-state index contributed by atoms with van der Waals surface area (Å²) >= 11 is 0. The summed E-state index contributed by atoms with van der Waals surface area (Å²) in [4.78, 5) is 6.97. The normalized spacial score (nSPS) is 20.6. The molecule has 4 nitrogen and oxygen atoms in total. The van der Waals surface area contributed by atoms with Crippen molar-refractivity contribution in [2.24, 2.45) is 0 Å². The molecular formula is C17H29N3O. The highest BCUT2D eigenvalue weighted by atomic mass is 16.5. The van der Waals surface area contributed by atoms with E-state index < -0.39 is 0 Å². The second kappa shape index (κ2) is 8.35. The van der Waals surface area contributed by atoms with E-state index in [-0.39, 0.29) is 0 Å². The van der Waals surface area contributed by atoms with Gasteiger partial charge in [0.05, 0.1) is 18.5 Å². The van der Waals surface area contributed by atoms with Crippen LogP contribution in [-0.4, -0.2) is 42.7 Å². The molecular weight excluding hydrogens is 262 g/mol. The van der Waals surface area contributed by atoms with Gasteiger partial charge in [-0.1, -0.05) is 13.8 Å². The zero-order valence-electron chi connectivity index (χ0n) is 13.6. The second-order valence-corrected chi connectivity index (χ2v) is 5.85. The summed E-state index contributed by atoms with van der Waals surface area (Å²) in [6.07, 6.45) is 6.63. The summed E-state index contributed by atoms with van der Waals surface area (Å²) in [5.41, 5.74) is 1.10. The van der Waals surface area contributed by atoms with Crippen molar-refractivity contribution in [3.63, 3.8) is 0 Å². The zero-order valence-corrected chi connectivity index (χ0v) is 13.6. The number of nitrogens with one attached hydrogen (secondary N) is 1. The summed E-state index contributed by atoms with van der Waals surface area (Å²) in [5.74, 6) is 0.880. The zero-order chi connectivity index (χ0) is 15.1. The Morgan fingerprint density at radius 2 is 2.29 bits per heavy atom. The van der Waals surface area contributed by atoms with Gasteiger partial charge in [-0.2, -0.15) is 0 Å². The van der Waals surface area contributed by atoms with E-state index in [2.05, 4.69) is 42.2 Å². The van der Waals surface area contributed by atoms with Crippen molar-refractivity contribution in [1.82, 2.24) is 15.2 Å². The number of aromatic nitrogens is 1. The molecule has 1 aromatic rings. The van der Waals surface area contributed by atoms with Gasteiger partial charge in [-0.15, -0.1) is 0 Å². The highest BCUT2D eigenvalue weighted by Crippen LogP contribution is 2.20. The Morgan fingerprint density at radius 3 is 2.86 bits per heavy atom. The molecule has 1 N–H and O–H groups in total. The lowest BCUT2D eigenvalue weighted by atomic mass is 10.1. The quantitative estimate of drug-likeness (QED) is 0.799. The van der Waals surface area contributed by atoms with Gasteiger partial charge in [0.1, 0.15) is 5.75 Å². The number of likely N-dealkylation sites (tertiary alicyclic amines) is 1. The van der Waals surface area contributed by atoms with Gasteiger partial charge in [0.2, 0.25) is 0 Å². The number of rotatable bonds is 8. The van der Waals surface area contributed by atoms with E-state index in [1.54, 1.807) is 0 Å². The molecule has 0 radical (unpaired) electrons. The molecule has 1 fully saturated rings. The topological polar surface area (TPSA) is 37.4 Å². The van der Waals surface area contributed by atoms with Crippen LogP contribution in [0.3, 0.4) is 0 Å². The third-order valence-corrected chi connectivity index (χ3v) is 4.37. The first-order valence-electron chi connectivity index (χ1n) is 8.27. The monoisotopic (exact) mass is 291 g/mol. The van der Waals surface area contributed by atoms with E-state index >= 15 is 0 Å². The molecule has 1 aromatic heterocycles. The Bertz CT molecular complexity index is 407. The van der Waals surface area contributed by atoms with E-state index in [1.165, 1.54) is 19.4 Å². The minimum Gasteiger partial charge on any atom is -0.492 e. The summed E-state index contributed by atoms with van der Waals surface area (Å²) in [5, 5.41) is 3.44. The number of ether oxygens (including phenoxy) is 1. The lowest BCUT2D eigenvalue weighted by Crippen LogP contribution is -2.26. The van der Waals surface area contributed by atoms with E-state index in [1.807, 2.05) is 12.3 Å². The SMILES string of the molecule is CCNC(CC)c1ccc(OCCC2CCCN2C)cn1. The average molecular weight is 291 g/mol. The van der Waals surface area contributed by atoms with Gasteiger partial charge in [0.15, 0.2) is 0 Å². The maximum atomic E-state index is 5.84. The molecule has 1 saturated heterocycles.